The van der Waals surface area contributed by atoms with Crippen molar-refractivity contribution < 1.29 is 0 Å². The number of unbranched alkanes of at least 4 members (excludes halogenated alkanes) is 3. The normalized spacial score (nSPS) is 13.5. The molecule has 0 fully saturated rings. The van der Waals surface area contributed by atoms with Crippen LogP contribution in [0.25, 0.3) is 0 Å². The highest BCUT2D eigenvalue weighted by molar-refractivity contribution is 4.63. The third-order valence-electron chi connectivity index (χ3n) is 2.94. The summed E-state index contributed by atoms with van der Waals surface area (Å²) in [6, 6.07) is 0.736. The van der Waals surface area contributed by atoms with Gasteiger partial charge in [0.2, 0.25) is 0 Å². The van der Waals surface area contributed by atoms with E-state index in [-0.39, 0.29) is 0 Å². The highest BCUT2D eigenvalue weighted by atomic mass is 15.1. The van der Waals surface area contributed by atoms with Gasteiger partial charge in [0.05, 0.1) is 0 Å². The smallest absolute Gasteiger partial charge is 0.0106 e. The molecule has 0 saturated heterocycles. The van der Waals surface area contributed by atoms with Crippen molar-refractivity contribution in [2.45, 2.75) is 52.0 Å². The summed E-state index contributed by atoms with van der Waals surface area (Å²) in [5, 5.41) is 3.19. The van der Waals surface area contributed by atoms with E-state index in [1.54, 1.807) is 0 Å². The Labute approximate surface area is 90.1 Å². The standard InChI is InChI=1S/C12H28N2/c1-5-6-7-8-9-12(2)14(4)11-10-13-3/h12-13H,5-11H2,1-4H3. The predicted octanol–water partition coefficient (Wildman–Crippen LogP) is 2.50. The maximum Gasteiger partial charge on any atom is 0.0106 e. The summed E-state index contributed by atoms with van der Waals surface area (Å²) in [6.07, 6.45) is 6.87. The first-order valence-electron chi connectivity index (χ1n) is 6.07. The van der Waals surface area contributed by atoms with Crippen molar-refractivity contribution in [2.75, 3.05) is 27.2 Å². The Morgan fingerprint density at radius 1 is 1.21 bits per heavy atom. The average Bonchev–Trinajstić information content (AvgIpc) is 2.20. The molecule has 0 radical (unpaired) electrons. The predicted molar refractivity (Wildman–Crippen MR) is 64.8 cm³/mol. The van der Waals surface area contributed by atoms with Gasteiger partial charge in [0.15, 0.2) is 0 Å². The molecule has 2 nitrogen and oxygen atoms in total. The lowest BCUT2D eigenvalue weighted by Gasteiger charge is -2.24. The minimum atomic E-state index is 0.736. The van der Waals surface area contributed by atoms with E-state index in [0.717, 1.165) is 19.1 Å². The van der Waals surface area contributed by atoms with Crippen LogP contribution in [0, 0.1) is 0 Å². The monoisotopic (exact) mass is 200 g/mol. The molecule has 0 rings (SSSR count). The van der Waals surface area contributed by atoms with Crippen LogP contribution in [0.2, 0.25) is 0 Å². The lowest BCUT2D eigenvalue weighted by atomic mass is 10.1. The number of likely N-dealkylation sites (N-methyl/N-ethyl adjacent to an activating group) is 2. The minimum Gasteiger partial charge on any atom is -0.318 e. The first-order valence-corrected chi connectivity index (χ1v) is 6.07. The Morgan fingerprint density at radius 3 is 2.50 bits per heavy atom. The van der Waals surface area contributed by atoms with Gasteiger partial charge in [-0.2, -0.15) is 0 Å². The van der Waals surface area contributed by atoms with Crippen molar-refractivity contribution in [1.29, 1.82) is 0 Å². The van der Waals surface area contributed by atoms with Gasteiger partial charge in [-0.15, -0.1) is 0 Å². The van der Waals surface area contributed by atoms with Gasteiger partial charge in [-0.25, -0.2) is 0 Å². The summed E-state index contributed by atoms with van der Waals surface area (Å²) in [5.41, 5.74) is 0. The molecule has 0 aromatic carbocycles. The Bertz CT molecular complexity index is 115. The summed E-state index contributed by atoms with van der Waals surface area (Å²) in [7, 11) is 4.24. The molecule has 86 valence electrons. The molecule has 1 unspecified atom stereocenters. The van der Waals surface area contributed by atoms with Crippen LogP contribution >= 0.6 is 0 Å². The van der Waals surface area contributed by atoms with Crippen LogP contribution in [0.1, 0.15) is 46.0 Å². The third kappa shape index (κ3) is 7.34. The molecule has 0 aliphatic heterocycles. The van der Waals surface area contributed by atoms with Crippen LogP contribution in [-0.2, 0) is 0 Å². The highest BCUT2D eigenvalue weighted by Gasteiger charge is 2.07. The second-order valence-electron chi connectivity index (χ2n) is 4.28. The zero-order valence-electron chi connectivity index (χ0n) is 10.5. The Kier molecular flexibility index (Phi) is 9.42. The second-order valence-corrected chi connectivity index (χ2v) is 4.28. The molecule has 0 saturated carbocycles. The van der Waals surface area contributed by atoms with Crippen LogP contribution in [0.3, 0.4) is 0 Å². The van der Waals surface area contributed by atoms with Gasteiger partial charge in [0.25, 0.3) is 0 Å². The Hall–Kier alpha value is -0.0800. The molecule has 0 heterocycles. The van der Waals surface area contributed by atoms with Gasteiger partial charge in [0.1, 0.15) is 0 Å². The molecule has 0 aromatic heterocycles. The van der Waals surface area contributed by atoms with E-state index in [9.17, 15) is 0 Å². The molecule has 1 atom stereocenters. The van der Waals surface area contributed by atoms with Crippen LogP contribution in [-0.4, -0.2) is 38.1 Å². The summed E-state index contributed by atoms with van der Waals surface area (Å²) in [6.45, 7) is 6.85. The lowest BCUT2D eigenvalue weighted by molar-refractivity contribution is 0.243. The van der Waals surface area contributed by atoms with Gasteiger partial charge in [-0.1, -0.05) is 32.6 Å². The van der Waals surface area contributed by atoms with Crippen LogP contribution in [0.15, 0.2) is 0 Å². The van der Waals surface area contributed by atoms with Crippen molar-refractivity contribution in [2.24, 2.45) is 0 Å². The quantitative estimate of drug-likeness (QED) is 0.575. The molecule has 0 bridgehead atoms. The molecule has 0 aliphatic rings. The fourth-order valence-corrected chi connectivity index (χ4v) is 1.60. The topological polar surface area (TPSA) is 15.3 Å². The van der Waals surface area contributed by atoms with E-state index < -0.39 is 0 Å². The average molecular weight is 200 g/mol. The van der Waals surface area contributed by atoms with E-state index in [2.05, 4.69) is 31.1 Å². The van der Waals surface area contributed by atoms with Gasteiger partial charge in [0, 0.05) is 19.1 Å². The molecular formula is C12H28N2. The second kappa shape index (κ2) is 9.47. The number of rotatable bonds is 9. The number of nitrogens with one attached hydrogen (secondary N) is 1. The molecule has 0 aliphatic carbocycles. The van der Waals surface area contributed by atoms with Crippen molar-refractivity contribution in [3.63, 3.8) is 0 Å². The maximum atomic E-state index is 3.19. The highest BCUT2D eigenvalue weighted by Crippen LogP contribution is 2.08. The minimum absolute atomic E-state index is 0.736. The molecule has 0 amide bonds. The Balaban J connectivity index is 3.36. The maximum absolute atomic E-state index is 3.19. The molecular weight excluding hydrogens is 172 g/mol. The number of hydrogen-bond acceptors (Lipinski definition) is 2. The zero-order valence-corrected chi connectivity index (χ0v) is 10.5. The first kappa shape index (κ1) is 13.9. The molecule has 0 spiro atoms. The summed E-state index contributed by atoms with van der Waals surface area (Å²) in [5.74, 6) is 0. The van der Waals surface area contributed by atoms with E-state index in [1.165, 1.54) is 32.1 Å². The van der Waals surface area contributed by atoms with Crippen molar-refractivity contribution >= 4 is 0 Å². The molecule has 14 heavy (non-hydrogen) atoms. The van der Waals surface area contributed by atoms with Crippen LogP contribution in [0.5, 0.6) is 0 Å². The Morgan fingerprint density at radius 2 is 1.93 bits per heavy atom. The van der Waals surface area contributed by atoms with Crippen molar-refractivity contribution in [1.82, 2.24) is 10.2 Å². The van der Waals surface area contributed by atoms with Crippen molar-refractivity contribution in [3.8, 4) is 0 Å². The van der Waals surface area contributed by atoms with E-state index >= 15 is 0 Å². The fraction of sp³-hybridized carbons (Fsp3) is 1.00. The number of hydrogen-bond donors (Lipinski definition) is 1. The van der Waals surface area contributed by atoms with Gasteiger partial charge >= 0.3 is 0 Å². The van der Waals surface area contributed by atoms with Crippen LogP contribution < -0.4 is 5.32 Å². The van der Waals surface area contributed by atoms with Crippen LogP contribution in [0.4, 0.5) is 0 Å². The zero-order chi connectivity index (χ0) is 10.8. The van der Waals surface area contributed by atoms with E-state index in [0.29, 0.717) is 0 Å². The fourth-order valence-electron chi connectivity index (χ4n) is 1.60. The first-order chi connectivity index (χ1) is 6.72. The van der Waals surface area contributed by atoms with E-state index in [1.807, 2.05) is 7.05 Å². The largest absolute Gasteiger partial charge is 0.318 e. The summed E-state index contributed by atoms with van der Waals surface area (Å²) in [4.78, 5) is 2.45. The molecule has 2 heteroatoms. The summed E-state index contributed by atoms with van der Waals surface area (Å²) < 4.78 is 0. The lowest BCUT2D eigenvalue weighted by Crippen LogP contribution is -2.34. The van der Waals surface area contributed by atoms with Gasteiger partial charge < -0.3 is 10.2 Å². The number of nitrogens with zero attached hydrogens (tertiary/aromatic N) is 1. The van der Waals surface area contributed by atoms with Gasteiger partial charge in [-0.05, 0) is 27.4 Å². The van der Waals surface area contributed by atoms with E-state index in [4.69, 9.17) is 0 Å². The van der Waals surface area contributed by atoms with Gasteiger partial charge in [-0.3, -0.25) is 0 Å². The molecule has 1 N–H and O–H groups in total. The summed E-state index contributed by atoms with van der Waals surface area (Å²) >= 11 is 0. The third-order valence-corrected chi connectivity index (χ3v) is 2.94. The SMILES string of the molecule is CCCCCCC(C)N(C)CCNC. The molecule has 0 aromatic rings. The van der Waals surface area contributed by atoms with Crippen molar-refractivity contribution in [3.05, 3.63) is 0 Å².